The molecular formula is C14H28O2. The fourth-order valence-electron chi connectivity index (χ4n) is 2.89. The predicted molar refractivity (Wildman–Crippen MR) is 67.4 cm³/mol. The van der Waals surface area contributed by atoms with Crippen LogP contribution in [0.25, 0.3) is 0 Å². The van der Waals surface area contributed by atoms with E-state index >= 15 is 0 Å². The molecule has 1 saturated heterocycles. The quantitative estimate of drug-likeness (QED) is 0.800. The lowest BCUT2D eigenvalue weighted by Gasteiger charge is -2.36. The molecule has 1 heterocycles. The Labute approximate surface area is 100 Å². The van der Waals surface area contributed by atoms with E-state index in [1.165, 1.54) is 0 Å². The van der Waals surface area contributed by atoms with Crippen LogP contribution in [0.5, 0.6) is 0 Å². The summed E-state index contributed by atoms with van der Waals surface area (Å²) in [5.74, 6) is 1.38. The first kappa shape index (κ1) is 14.0. The van der Waals surface area contributed by atoms with Gasteiger partial charge in [0.05, 0.1) is 18.3 Å². The van der Waals surface area contributed by atoms with Gasteiger partial charge in [0.25, 0.3) is 0 Å². The molecule has 96 valence electrons. The van der Waals surface area contributed by atoms with Crippen molar-refractivity contribution in [1.82, 2.24) is 0 Å². The molecule has 1 fully saturated rings. The van der Waals surface area contributed by atoms with E-state index in [0.717, 1.165) is 19.4 Å². The van der Waals surface area contributed by atoms with Gasteiger partial charge in [-0.3, -0.25) is 0 Å². The van der Waals surface area contributed by atoms with Gasteiger partial charge < -0.3 is 9.84 Å². The third-order valence-electron chi connectivity index (χ3n) is 3.73. The Hall–Kier alpha value is -0.0800. The van der Waals surface area contributed by atoms with Gasteiger partial charge in [0, 0.05) is 0 Å². The zero-order chi connectivity index (χ0) is 12.6. The highest BCUT2D eigenvalue weighted by Crippen LogP contribution is 2.40. The maximum absolute atomic E-state index is 9.93. The van der Waals surface area contributed by atoms with Crippen molar-refractivity contribution in [3.05, 3.63) is 0 Å². The molecule has 16 heavy (non-hydrogen) atoms. The van der Waals surface area contributed by atoms with E-state index in [4.69, 9.17) is 4.74 Å². The van der Waals surface area contributed by atoms with Crippen LogP contribution < -0.4 is 0 Å². The Morgan fingerprint density at radius 1 is 1.25 bits per heavy atom. The highest BCUT2D eigenvalue weighted by atomic mass is 16.5. The van der Waals surface area contributed by atoms with Crippen molar-refractivity contribution in [2.75, 3.05) is 6.61 Å². The topological polar surface area (TPSA) is 29.5 Å². The Morgan fingerprint density at radius 3 is 2.19 bits per heavy atom. The monoisotopic (exact) mass is 228 g/mol. The minimum absolute atomic E-state index is 0.0574. The van der Waals surface area contributed by atoms with Gasteiger partial charge in [0.15, 0.2) is 0 Å². The van der Waals surface area contributed by atoms with E-state index < -0.39 is 5.60 Å². The summed E-state index contributed by atoms with van der Waals surface area (Å²) in [5, 5.41) is 9.93. The van der Waals surface area contributed by atoms with Gasteiger partial charge in [-0.05, 0) is 43.9 Å². The lowest BCUT2D eigenvalue weighted by molar-refractivity contribution is -0.0387. The SMILES string of the molecule is CC(C)C1COC(C(C)(C)CC(C)(C)O)C1. The van der Waals surface area contributed by atoms with Crippen LogP contribution in [0.1, 0.15) is 54.4 Å². The number of aliphatic hydroxyl groups is 1. The summed E-state index contributed by atoms with van der Waals surface area (Å²) in [6.07, 6.45) is 2.22. The molecule has 2 unspecified atom stereocenters. The molecule has 0 aromatic heterocycles. The van der Waals surface area contributed by atoms with E-state index in [0.29, 0.717) is 17.9 Å². The molecule has 0 amide bonds. The van der Waals surface area contributed by atoms with Gasteiger partial charge in [-0.2, -0.15) is 0 Å². The first-order valence-corrected chi connectivity index (χ1v) is 6.46. The van der Waals surface area contributed by atoms with Crippen LogP contribution in [0.15, 0.2) is 0 Å². The summed E-state index contributed by atoms with van der Waals surface area (Å²) < 4.78 is 5.93. The summed E-state index contributed by atoms with van der Waals surface area (Å²) >= 11 is 0. The maximum Gasteiger partial charge on any atom is 0.0630 e. The second kappa shape index (κ2) is 4.66. The number of hydrogen-bond donors (Lipinski definition) is 1. The standard InChI is InChI=1S/C14H28O2/c1-10(2)11-7-12(16-8-11)13(3,4)9-14(5,6)15/h10-12,15H,7-9H2,1-6H3. The zero-order valence-corrected chi connectivity index (χ0v) is 11.7. The molecule has 1 N–H and O–H groups in total. The summed E-state index contributed by atoms with van der Waals surface area (Å²) in [6.45, 7) is 13.6. The Bertz CT molecular complexity index is 225. The lowest BCUT2D eigenvalue weighted by atomic mass is 9.75. The molecule has 0 spiro atoms. The van der Waals surface area contributed by atoms with Crippen molar-refractivity contribution in [2.45, 2.75) is 66.1 Å². The Morgan fingerprint density at radius 2 is 1.81 bits per heavy atom. The van der Waals surface area contributed by atoms with E-state index in [1.54, 1.807) is 0 Å². The second-order valence-electron chi connectivity index (χ2n) is 7.04. The van der Waals surface area contributed by atoms with Gasteiger partial charge in [0.2, 0.25) is 0 Å². The number of rotatable bonds is 4. The molecule has 0 aliphatic carbocycles. The van der Waals surface area contributed by atoms with Gasteiger partial charge in [-0.25, -0.2) is 0 Å². The average Bonchev–Trinajstić information content (AvgIpc) is 2.46. The smallest absolute Gasteiger partial charge is 0.0630 e. The van der Waals surface area contributed by atoms with Gasteiger partial charge in [-0.1, -0.05) is 27.7 Å². The summed E-state index contributed by atoms with van der Waals surface area (Å²) in [5.41, 5.74) is -0.551. The van der Waals surface area contributed by atoms with Crippen molar-refractivity contribution in [3.63, 3.8) is 0 Å². The van der Waals surface area contributed by atoms with Crippen LogP contribution >= 0.6 is 0 Å². The summed E-state index contributed by atoms with van der Waals surface area (Å²) in [4.78, 5) is 0. The molecule has 1 rings (SSSR count). The van der Waals surface area contributed by atoms with Crippen LogP contribution in [0.4, 0.5) is 0 Å². The molecule has 2 heteroatoms. The van der Waals surface area contributed by atoms with Crippen molar-refractivity contribution in [2.24, 2.45) is 17.3 Å². The molecule has 2 nitrogen and oxygen atoms in total. The van der Waals surface area contributed by atoms with Crippen molar-refractivity contribution in [1.29, 1.82) is 0 Å². The van der Waals surface area contributed by atoms with Crippen LogP contribution in [-0.4, -0.2) is 23.4 Å². The van der Waals surface area contributed by atoms with Crippen LogP contribution in [0, 0.1) is 17.3 Å². The molecule has 2 atom stereocenters. The van der Waals surface area contributed by atoms with E-state index in [2.05, 4.69) is 27.7 Å². The Kier molecular flexibility index (Phi) is 4.07. The average molecular weight is 228 g/mol. The molecule has 0 aromatic rings. The molecular weight excluding hydrogens is 200 g/mol. The first-order chi connectivity index (χ1) is 7.12. The maximum atomic E-state index is 9.93. The number of hydrogen-bond acceptors (Lipinski definition) is 2. The first-order valence-electron chi connectivity index (χ1n) is 6.46. The van der Waals surface area contributed by atoms with Crippen LogP contribution in [0.3, 0.4) is 0 Å². The van der Waals surface area contributed by atoms with Gasteiger partial charge >= 0.3 is 0 Å². The van der Waals surface area contributed by atoms with Crippen molar-refractivity contribution >= 4 is 0 Å². The fraction of sp³-hybridized carbons (Fsp3) is 1.00. The molecule has 1 aliphatic heterocycles. The molecule has 1 aliphatic rings. The molecule has 0 bridgehead atoms. The van der Waals surface area contributed by atoms with Crippen molar-refractivity contribution < 1.29 is 9.84 Å². The molecule has 0 saturated carbocycles. The zero-order valence-electron chi connectivity index (χ0n) is 11.7. The minimum Gasteiger partial charge on any atom is -0.390 e. The van der Waals surface area contributed by atoms with E-state index in [1.807, 2.05) is 13.8 Å². The van der Waals surface area contributed by atoms with Crippen LogP contribution in [0.2, 0.25) is 0 Å². The van der Waals surface area contributed by atoms with E-state index in [-0.39, 0.29) is 5.41 Å². The van der Waals surface area contributed by atoms with Gasteiger partial charge in [0.1, 0.15) is 0 Å². The highest BCUT2D eigenvalue weighted by Gasteiger charge is 2.40. The van der Waals surface area contributed by atoms with Gasteiger partial charge in [-0.15, -0.1) is 0 Å². The fourth-order valence-corrected chi connectivity index (χ4v) is 2.89. The largest absolute Gasteiger partial charge is 0.390 e. The van der Waals surface area contributed by atoms with Crippen molar-refractivity contribution in [3.8, 4) is 0 Å². The normalized spacial score (nSPS) is 27.8. The summed E-state index contributed by atoms with van der Waals surface area (Å²) in [7, 11) is 0. The third-order valence-corrected chi connectivity index (χ3v) is 3.73. The predicted octanol–water partition coefficient (Wildman–Crippen LogP) is 3.23. The lowest BCUT2D eigenvalue weighted by Crippen LogP contribution is -2.36. The Balaban J connectivity index is 2.58. The molecule has 0 aromatic carbocycles. The number of ether oxygens (including phenoxy) is 1. The van der Waals surface area contributed by atoms with Crippen LogP contribution in [-0.2, 0) is 4.74 Å². The summed E-state index contributed by atoms with van der Waals surface area (Å²) in [6, 6.07) is 0. The molecule has 0 radical (unpaired) electrons. The second-order valence-corrected chi connectivity index (χ2v) is 7.04. The highest BCUT2D eigenvalue weighted by molar-refractivity contribution is 4.90. The third kappa shape index (κ3) is 3.74. The minimum atomic E-state index is -0.608. The van der Waals surface area contributed by atoms with E-state index in [9.17, 15) is 5.11 Å².